The maximum Gasteiger partial charge on any atom is 0.212 e. The highest BCUT2D eigenvalue weighted by molar-refractivity contribution is 5.27. The van der Waals surface area contributed by atoms with Crippen LogP contribution in [0.25, 0.3) is 0 Å². The second-order valence-electron chi connectivity index (χ2n) is 5.99. The molecule has 0 aliphatic heterocycles. The van der Waals surface area contributed by atoms with Gasteiger partial charge in [-0.05, 0) is 35.6 Å². The number of nitrogens with zero attached hydrogens (tertiary/aromatic N) is 1. The van der Waals surface area contributed by atoms with Crippen molar-refractivity contribution in [1.82, 2.24) is 10.3 Å². The van der Waals surface area contributed by atoms with E-state index < -0.39 is 0 Å². The molecule has 0 saturated heterocycles. The van der Waals surface area contributed by atoms with E-state index in [9.17, 15) is 0 Å². The maximum atomic E-state index is 5.73. The van der Waals surface area contributed by atoms with Gasteiger partial charge in [0.25, 0.3) is 0 Å². The number of ether oxygens (including phenoxy) is 2. The van der Waals surface area contributed by atoms with Gasteiger partial charge in [-0.2, -0.15) is 0 Å². The monoisotopic (exact) mass is 314 g/mol. The molecule has 0 fully saturated rings. The second kappa shape index (κ2) is 9.16. The predicted molar refractivity (Wildman–Crippen MR) is 92.7 cm³/mol. The molecule has 0 saturated carbocycles. The topological polar surface area (TPSA) is 43.4 Å². The Morgan fingerprint density at radius 3 is 2.30 bits per heavy atom. The highest BCUT2D eigenvalue weighted by Gasteiger charge is 1.99. The zero-order valence-electron chi connectivity index (χ0n) is 14.2. The minimum atomic E-state index is 0.641. The quantitative estimate of drug-likeness (QED) is 0.764. The molecule has 0 bridgehead atoms. The molecule has 1 aromatic heterocycles. The summed E-state index contributed by atoms with van der Waals surface area (Å²) < 4.78 is 10.8. The molecule has 4 heteroatoms. The van der Waals surface area contributed by atoms with Gasteiger partial charge in [-0.3, -0.25) is 0 Å². The van der Waals surface area contributed by atoms with Gasteiger partial charge in [-0.1, -0.05) is 32.0 Å². The van der Waals surface area contributed by atoms with E-state index in [2.05, 4.69) is 36.3 Å². The fraction of sp³-hybridized carbons (Fsp3) is 0.421. The van der Waals surface area contributed by atoms with Crippen molar-refractivity contribution in [3.63, 3.8) is 0 Å². The van der Waals surface area contributed by atoms with Crippen molar-refractivity contribution < 1.29 is 9.47 Å². The van der Waals surface area contributed by atoms with Gasteiger partial charge in [0.1, 0.15) is 5.75 Å². The van der Waals surface area contributed by atoms with Crippen molar-refractivity contribution in [3.8, 4) is 11.6 Å². The lowest BCUT2D eigenvalue weighted by atomic mass is 10.1. The first-order valence-electron chi connectivity index (χ1n) is 8.08. The molecule has 124 valence electrons. The van der Waals surface area contributed by atoms with Crippen LogP contribution < -0.4 is 14.8 Å². The van der Waals surface area contributed by atoms with E-state index in [1.165, 1.54) is 5.56 Å². The summed E-state index contributed by atoms with van der Waals surface area (Å²) in [6.45, 7) is 6.79. The summed E-state index contributed by atoms with van der Waals surface area (Å²) in [5, 5.41) is 3.41. The molecule has 2 aromatic rings. The van der Waals surface area contributed by atoms with E-state index in [1.807, 2.05) is 30.5 Å². The number of hydrogen-bond acceptors (Lipinski definition) is 4. The Labute approximate surface area is 138 Å². The lowest BCUT2D eigenvalue weighted by Gasteiger charge is -2.09. The van der Waals surface area contributed by atoms with E-state index in [4.69, 9.17) is 9.47 Å². The molecule has 0 spiro atoms. The average molecular weight is 314 g/mol. The Morgan fingerprint density at radius 2 is 1.70 bits per heavy atom. The average Bonchev–Trinajstić information content (AvgIpc) is 2.57. The standard InChI is InChI=1S/C19H26N2O2/c1-15(2)10-11-23-18-7-4-16(5-8-18)12-20-13-17-6-9-19(22-3)21-14-17/h4-9,14-15,20H,10-13H2,1-3H3. The molecular formula is C19H26N2O2. The first-order valence-corrected chi connectivity index (χ1v) is 8.08. The number of hydrogen-bond donors (Lipinski definition) is 1. The van der Waals surface area contributed by atoms with Crippen LogP contribution in [0, 0.1) is 5.92 Å². The Kier molecular flexibility index (Phi) is 6.88. The Hall–Kier alpha value is -2.07. The van der Waals surface area contributed by atoms with Crippen molar-refractivity contribution in [1.29, 1.82) is 0 Å². The Bertz CT molecular complexity index is 565. The van der Waals surface area contributed by atoms with Crippen LogP contribution >= 0.6 is 0 Å². The third-order valence-corrected chi connectivity index (χ3v) is 3.55. The summed E-state index contributed by atoms with van der Waals surface area (Å²) >= 11 is 0. The largest absolute Gasteiger partial charge is 0.494 e. The number of rotatable bonds is 9. The van der Waals surface area contributed by atoms with Gasteiger partial charge >= 0.3 is 0 Å². The van der Waals surface area contributed by atoms with Crippen molar-refractivity contribution in [3.05, 3.63) is 53.7 Å². The zero-order valence-corrected chi connectivity index (χ0v) is 14.2. The summed E-state index contributed by atoms with van der Waals surface area (Å²) in [4.78, 5) is 4.20. The summed E-state index contributed by atoms with van der Waals surface area (Å²) in [5.41, 5.74) is 2.38. The third kappa shape index (κ3) is 6.28. The molecule has 1 aromatic carbocycles. The highest BCUT2D eigenvalue weighted by atomic mass is 16.5. The van der Waals surface area contributed by atoms with Crippen LogP contribution in [0.4, 0.5) is 0 Å². The molecule has 0 radical (unpaired) electrons. The minimum absolute atomic E-state index is 0.641. The number of methoxy groups -OCH3 is 1. The highest BCUT2D eigenvalue weighted by Crippen LogP contribution is 2.13. The smallest absolute Gasteiger partial charge is 0.212 e. The molecule has 0 atom stereocenters. The lowest BCUT2D eigenvalue weighted by molar-refractivity contribution is 0.289. The molecular weight excluding hydrogens is 288 g/mol. The molecule has 4 nitrogen and oxygen atoms in total. The molecule has 23 heavy (non-hydrogen) atoms. The SMILES string of the molecule is COc1ccc(CNCc2ccc(OCCC(C)C)cc2)cn1. The number of aromatic nitrogens is 1. The molecule has 1 heterocycles. The molecule has 2 rings (SSSR count). The second-order valence-corrected chi connectivity index (χ2v) is 5.99. The van der Waals surface area contributed by atoms with Crippen LogP contribution in [-0.2, 0) is 13.1 Å². The lowest BCUT2D eigenvalue weighted by Crippen LogP contribution is -2.12. The van der Waals surface area contributed by atoms with E-state index in [1.54, 1.807) is 7.11 Å². The summed E-state index contributed by atoms with van der Waals surface area (Å²) in [5.74, 6) is 2.25. The fourth-order valence-corrected chi connectivity index (χ4v) is 2.10. The summed E-state index contributed by atoms with van der Waals surface area (Å²) in [6, 6.07) is 12.2. The predicted octanol–water partition coefficient (Wildman–Crippen LogP) is 3.80. The first kappa shape index (κ1) is 17.3. The minimum Gasteiger partial charge on any atom is -0.494 e. The molecule has 0 unspecified atom stereocenters. The number of pyridine rings is 1. The van der Waals surface area contributed by atoms with E-state index in [0.29, 0.717) is 11.8 Å². The van der Waals surface area contributed by atoms with Crippen molar-refractivity contribution >= 4 is 0 Å². The molecule has 0 aliphatic rings. The normalized spacial score (nSPS) is 10.8. The van der Waals surface area contributed by atoms with Crippen molar-refractivity contribution in [2.24, 2.45) is 5.92 Å². The number of benzene rings is 1. The summed E-state index contributed by atoms with van der Waals surface area (Å²) in [7, 11) is 1.62. The van der Waals surface area contributed by atoms with Gasteiger partial charge in [0.2, 0.25) is 5.88 Å². The van der Waals surface area contributed by atoms with Crippen LogP contribution in [0.1, 0.15) is 31.4 Å². The molecule has 0 amide bonds. The first-order chi connectivity index (χ1) is 11.2. The molecule has 0 aliphatic carbocycles. The van der Waals surface area contributed by atoms with E-state index >= 15 is 0 Å². The van der Waals surface area contributed by atoms with Crippen molar-refractivity contribution in [2.45, 2.75) is 33.4 Å². The van der Waals surface area contributed by atoms with E-state index in [0.717, 1.165) is 37.4 Å². The van der Waals surface area contributed by atoms with Crippen LogP contribution in [0.5, 0.6) is 11.6 Å². The van der Waals surface area contributed by atoms with Gasteiger partial charge in [0.15, 0.2) is 0 Å². The number of nitrogens with one attached hydrogen (secondary N) is 1. The van der Waals surface area contributed by atoms with Gasteiger partial charge in [-0.25, -0.2) is 4.98 Å². The Balaban J connectivity index is 1.72. The van der Waals surface area contributed by atoms with Crippen LogP contribution in [-0.4, -0.2) is 18.7 Å². The fourth-order valence-electron chi connectivity index (χ4n) is 2.10. The molecule has 1 N–H and O–H groups in total. The van der Waals surface area contributed by atoms with Gasteiger partial charge in [0.05, 0.1) is 13.7 Å². The van der Waals surface area contributed by atoms with Crippen LogP contribution in [0.15, 0.2) is 42.6 Å². The van der Waals surface area contributed by atoms with Gasteiger partial charge in [-0.15, -0.1) is 0 Å². The van der Waals surface area contributed by atoms with Crippen LogP contribution in [0.2, 0.25) is 0 Å². The third-order valence-electron chi connectivity index (χ3n) is 3.55. The zero-order chi connectivity index (χ0) is 16.5. The summed E-state index contributed by atoms with van der Waals surface area (Å²) in [6.07, 6.45) is 2.91. The van der Waals surface area contributed by atoms with Crippen molar-refractivity contribution in [2.75, 3.05) is 13.7 Å². The van der Waals surface area contributed by atoms with Gasteiger partial charge < -0.3 is 14.8 Å². The van der Waals surface area contributed by atoms with E-state index in [-0.39, 0.29) is 0 Å². The Morgan fingerprint density at radius 1 is 1.00 bits per heavy atom. The van der Waals surface area contributed by atoms with Gasteiger partial charge in [0, 0.05) is 25.4 Å². The van der Waals surface area contributed by atoms with Crippen LogP contribution in [0.3, 0.4) is 0 Å². The maximum absolute atomic E-state index is 5.73.